The van der Waals surface area contributed by atoms with E-state index in [2.05, 4.69) is 0 Å². The Morgan fingerprint density at radius 2 is 1.71 bits per heavy atom. The Kier molecular flexibility index (Phi) is 5.93. The summed E-state index contributed by atoms with van der Waals surface area (Å²) in [5.74, 6) is -2.14. The van der Waals surface area contributed by atoms with Crippen LogP contribution in [0.15, 0.2) is 42.5 Å². The molecule has 3 atom stereocenters. The molecule has 1 heterocycles. The van der Waals surface area contributed by atoms with Gasteiger partial charge in [-0.05, 0) is 42.3 Å². The van der Waals surface area contributed by atoms with Gasteiger partial charge in [0.05, 0.1) is 11.6 Å². The molecule has 0 amide bonds. The predicted octanol–water partition coefficient (Wildman–Crippen LogP) is 5.52. The summed E-state index contributed by atoms with van der Waals surface area (Å²) in [7, 11) is -4.38. The highest BCUT2D eigenvalue weighted by molar-refractivity contribution is 7.84. The van der Waals surface area contributed by atoms with Crippen LogP contribution in [0.3, 0.4) is 0 Å². The molecular formula is C17H13Cl4F2NO3S. The molecular weight excluding hydrogens is 478 g/mol. The summed E-state index contributed by atoms with van der Waals surface area (Å²) in [6, 6.07) is 8.89. The van der Waals surface area contributed by atoms with Gasteiger partial charge in [0, 0.05) is 5.02 Å². The van der Waals surface area contributed by atoms with E-state index >= 15 is 0 Å². The second kappa shape index (κ2) is 7.54. The van der Waals surface area contributed by atoms with Crippen LogP contribution >= 0.6 is 46.4 Å². The lowest BCUT2D eigenvalue weighted by Gasteiger charge is -2.15. The fraction of sp³-hybridized carbons (Fsp3) is 0.294. The van der Waals surface area contributed by atoms with Gasteiger partial charge in [-0.25, -0.2) is 8.78 Å². The molecule has 0 saturated carbocycles. The summed E-state index contributed by atoms with van der Waals surface area (Å²) in [6.07, 6.45) is 0. The first-order valence-electron chi connectivity index (χ1n) is 7.83. The third-order valence-corrected chi connectivity index (χ3v) is 6.53. The molecule has 1 saturated heterocycles. The van der Waals surface area contributed by atoms with Crippen molar-refractivity contribution in [2.75, 3.05) is 6.61 Å². The summed E-state index contributed by atoms with van der Waals surface area (Å²) in [5.41, 5.74) is -0.417. The largest absolute Gasteiger partial charge is 0.340 e. The maximum Gasteiger partial charge on any atom is 0.340 e. The Hall–Kier alpha value is -0.670. The van der Waals surface area contributed by atoms with Gasteiger partial charge in [0.25, 0.3) is 0 Å². The summed E-state index contributed by atoms with van der Waals surface area (Å²) in [6.45, 7) is 0.854. The first kappa shape index (κ1) is 22.0. The van der Waals surface area contributed by atoms with Gasteiger partial charge in [-0.1, -0.05) is 64.6 Å². The number of rotatable bonds is 5. The van der Waals surface area contributed by atoms with E-state index in [0.717, 1.165) is 16.4 Å². The van der Waals surface area contributed by atoms with Crippen LogP contribution in [0, 0.1) is 11.6 Å². The van der Waals surface area contributed by atoms with Crippen molar-refractivity contribution < 1.29 is 21.4 Å². The van der Waals surface area contributed by atoms with Crippen molar-refractivity contribution in [3.05, 3.63) is 70.2 Å². The third kappa shape index (κ3) is 4.26. The topological polar surface area (TPSA) is 46.4 Å². The van der Waals surface area contributed by atoms with Crippen LogP contribution < -0.4 is 0 Å². The second-order valence-electron chi connectivity index (χ2n) is 6.36. The van der Waals surface area contributed by atoms with Crippen molar-refractivity contribution in [1.82, 2.24) is 4.31 Å². The summed E-state index contributed by atoms with van der Waals surface area (Å²) < 4.78 is 56.6. The predicted molar refractivity (Wildman–Crippen MR) is 105 cm³/mol. The summed E-state index contributed by atoms with van der Waals surface area (Å²) in [4.78, 5) is 0. The van der Waals surface area contributed by atoms with Crippen LogP contribution in [-0.4, -0.2) is 23.1 Å². The highest BCUT2D eigenvalue weighted by atomic mass is 35.6. The molecule has 0 spiro atoms. The van der Waals surface area contributed by atoms with Crippen molar-refractivity contribution in [3.63, 3.8) is 0 Å². The Morgan fingerprint density at radius 1 is 1.11 bits per heavy atom. The number of nitrogens with zero attached hydrogens (tertiary/aromatic N) is 1. The van der Waals surface area contributed by atoms with Crippen LogP contribution in [0.1, 0.15) is 24.1 Å². The Morgan fingerprint density at radius 3 is 2.25 bits per heavy atom. The first-order valence-corrected chi connectivity index (χ1v) is 10.7. The van der Waals surface area contributed by atoms with E-state index in [1.807, 2.05) is 0 Å². The van der Waals surface area contributed by atoms with Gasteiger partial charge in [-0.3, -0.25) is 4.18 Å². The highest BCUT2D eigenvalue weighted by Crippen LogP contribution is 2.62. The molecule has 4 nitrogen and oxygen atoms in total. The quantitative estimate of drug-likeness (QED) is 0.409. The number of hydrogen-bond acceptors (Lipinski definition) is 3. The van der Waals surface area contributed by atoms with Crippen molar-refractivity contribution in [1.29, 1.82) is 0 Å². The molecule has 1 unspecified atom stereocenters. The molecule has 2 aromatic carbocycles. The average molecular weight is 491 g/mol. The summed E-state index contributed by atoms with van der Waals surface area (Å²) in [5, 5.41) is 0.459. The van der Waals surface area contributed by atoms with Crippen LogP contribution in [0.2, 0.25) is 5.02 Å². The lowest BCUT2D eigenvalue weighted by atomic mass is 9.93. The third-order valence-electron chi connectivity index (χ3n) is 4.46. The Bertz CT molecular complexity index is 998. The second-order valence-corrected chi connectivity index (χ2v) is 10.8. The number of alkyl halides is 3. The molecule has 0 aliphatic carbocycles. The minimum Gasteiger partial charge on any atom is -0.253 e. The SMILES string of the molecule is C[C@@]1(c2ccc(F)c(F)c2)[C@@H](c2ccc(Cl)cc2)N1S(=O)(=O)OCC(Cl)(Cl)Cl. The lowest BCUT2D eigenvalue weighted by Crippen LogP contribution is -2.26. The Labute approximate surface area is 181 Å². The van der Waals surface area contributed by atoms with E-state index in [1.165, 1.54) is 6.07 Å². The number of benzene rings is 2. The zero-order chi connectivity index (χ0) is 20.9. The minimum atomic E-state index is -4.38. The Balaban J connectivity index is 2.04. The number of halogens is 6. The maximum absolute atomic E-state index is 13.8. The van der Waals surface area contributed by atoms with Crippen LogP contribution in [-0.2, 0) is 20.0 Å². The fourth-order valence-corrected chi connectivity index (χ4v) is 5.25. The molecule has 3 rings (SSSR count). The van der Waals surface area contributed by atoms with Gasteiger partial charge in [0.2, 0.25) is 3.79 Å². The van der Waals surface area contributed by atoms with Crippen molar-refractivity contribution >= 4 is 56.7 Å². The zero-order valence-corrected chi connectivity index (χ0v) is 18.0. The molecule has 1 fully saturated rings. The van der Waals surface area contributed by atoms with Gasteiger partial charge in [0.15, 0.2) is 11.6 Å². The highest BCUT2D eigenvalue weighted by Gasteiger charge is 2.67. The smallest absolute Gasteiger partial charge is 0.253 e. The maximum atomic E-state index is 13.8. The standard InChI is InChI=1S/C17H13Cl4F2NO3S/c1-16(11-4-7-13(22)14(23)8-11)15(10-2-5-12(18)6-3-10)24(16)28(25,26)27-9-17(19,20)21/h2-8,15H,9H2,1H3/t15-,16-,24?/m1/s1. The zero-order valence-electron chi connectivity index (χ0n) is 14.2. The van der Waals surface area contributed by atoms with Crippen LogP contribution in [0.25, 0.3) is 0 Å². The van der Waals surface area contributed by atoms with Gasteiger partial charge in [-0.15, -0.1) is 0 Å². The van der Waals surface area contributed by atoms with Gasteiger partial charge >= 0.3 is 10.3 Å². The van der Waals surface area contributed by atoms with Crippen molar-refractivity contribution in [2.24, 2.45) is 0 Å². The fourth-order valence-electron chi connectivity index (χ4n) is 3.12. The molecule has 28 heavy (non-hydrogen) atoms. The molecule has 1 aliphatic rings. The van der Waals surface area contributed by atoms with Crippen LogP contribution in [0.5, 0.6) is 0 Å². The first-order chi connectivity index (χ1) is 12.9. The van der Waals surface area contributed by atoms with Gasteiger partial charge in [-0.2, -0.15) is 12.7 Å². The molecule has 152 valence electrons. The molecule has 1 aliphatic heterocycles. The van der Waals surface area contributed by atoms with E-state index in [0.29, 0.717) is 10.6 Å². The molecule has 0 N–H and O–H groups in total. The van der Waals surface area contributed by atoms with E-state index < -0.39 is 43.9 Å². The molecule has 0 radical (unpaired) electrons. The van der Waals surface area contributed by atoms with E-state index in [-0.39, 0.29) is 5.56 Å². The lowest BCUT2D eigenvalue weighted by molar-refractivity contribution is 0.298. The van der Waals surface area contributed by atoms with Crippen molar-refractivity contribution in [2.45, 2.75) is 22.3 Å². The van der Waals surface area contributed by atoms with Crippen LogP contribution in [0.4, 0.5) is 8.78 Å². The van der Waals surface area contributed by atoms with Gasteiger partial charge < -0.3 is 0 Å². The normalized spacial score (nSPS) is 25.0. The average Bonchev–Trinajstić information content (AvgIpc) is 3.24. The molecule has 0 aromatic heterocycles. The summed E-state index contributed by atoms with van der Waals surface area (Å²) >= 11 is 22.6. The van der Waals surface area contributed by atoms with Gasteiger partial charge in [0.1, 0.15) is 6.61 Å². The van der Waals surface area contributed by atoms with E-state index in [9.17, 15) is 17.2 Å². The molecule has 2 aromatic rings. The number of hydrogen-bond donors (Lipinski definition) is 0. The monoisotopic (exact) mass is 489 g/mol. The molecule has 11 heteroatoms. The van der Waals surface area contributed by atoms with E-state index in [1.54, 1.807) is 31.2 Å². The molecule has 0 bridgehead atoms. The minimum absolute atomic E-state index is 0.243. The van der Waals surface area contributed by atoms with E-state index in [4.69, 9.17) is 50.6 Å². The van der Waals surface area contributed by atoms with Crippen molar-refractivity contribution in [3.8, 4) is 0 Å².